The predicted molar refractivity (Wildman–Crippen MR) is 163 cm³/mol. The molecule has 0 spiro atoms. The molecule has 2 aliphatic rings. The van der Waals surface area contributed by atoms with E-state index >= 15 is 0 Å². The van der Waals surface area contributed by atoms with E-state index in [1.807, 2.05) is 52.8 Å². The zero-order valence-corrected chi connectivity index (χ0v) is 25.5. The summed E-state index contributed by atoms with van der Waals surface area (Å²) in [6.07, 6.45) is 6.11. The lowest BCUT2D eigenvalue weighted by atomic mass is 9.93. The standard InChI is InChI=1S/C32H38FN7O3/c1-18-14-39-17-21(12-25(33)29(39)34-18)28-36-26-11-10-23(13-24(26)27(37-28)30(41)35-22-8-7-9-22)38-15-19(2)40(20(3)16-38)31(42)43-32(4,5)6/h10-14,17,19-20,22H,7-9,15-16H2,1-6H3,(H,35,41)/t19-,20+. The van der Waals surface area contributed by atoms with Crippen molar-refractivity contribution < 1.29 is 18.7 Å². The van der Waals surface area contributed by atoms with Gasteiger partial charge in [0.25, 0.3) is 5.91 Å². The summed E-state index contributed by atoms with van der Waals surface area (Å²) >= 11 is 0. The van der Waals surface area contributed by atoms with Gasteiger partial charge in [0.05, 0.1) is 23.3 Å². The zero-order valence-electron chi connectivity index (χ0n) is 25.5. The summed E-state index contributed by atoms with van der Waals surface area (Å²) in [7, 11) is 0. The molecule has 1 aliphatic carbocycles. The quantitative estimate of drug-likeness (QED) is 0.336. The number of rotatable bonds is 4. The Morgan fingerprint density at radius 2 is 1.74 bits per heavy atom. The van der Waals surface area contributed by atoms with Crippen LogP contribution in [-0.2, 0) is 4.74 Å². The van der Waals surface area contributed by atoms with Crippen LogP contribution in [0, 0.1) is 12.7 Å². The van der Waals surface area contributed by atoms with Crippen molar-refractivity contribution in [3.05, 3.63) is 53.9 Å². The van der Waals surface area contributed by atoms with Crippen molar-refractivity contribution in [1.29, 1.82) is 0 Å². The number of benzene rings is 1. The minimum absolute atomic E-state index is 0.0917. The largest absolute Gasteiger partial charge is 0.444 e. The highest BCUT2D eigenvalue weighted by atomic mass is 19.1. The Balaban J connectivity index is 1.36. The van der Waals surface area contributed by atoms with Gasteiger partial charge in [-0.15, -0.1) is 0 Å². The fourth-order valence-corrected chi connectivity index (χ4v) is 5.93. The Morgan fingerprint density at radius 3 is 2.40 bits per heavy atom. The Hall–Kier alpha value is -4.28. The maximum absolute atomic E-state index is 15.0. The summed E-state index contributed by atoms with van der Waals surface area (Å²) in [4.78, 5) is 44.2. The minimum Gasteiger partial charge on any atom is -0.444 e. The number of amides is 2. The number of fused-ring (bicyclic) bond motifs is 2. The molecule has 4 heterocycles. The molecule has 6 rings (SSSR count). The molecule has 1 aliphatic heterocycles. The number of ether oxygens (including phenoxy) is 1. The molecule has 1 saturated carbocycles. The van der Waals surface area contributed by atoms with E-state index in [1.165, 1.54) is 6.07 Å². The van der Waals surface area contributed by atoms with Gasteiger partial charge >= 0.3 is 6.09 Å². The van der Waals surface area contributed by atoms with E-state index in [9.17, 15) is 14.0 Å². The average molecular weight is 588 g/mol. The van der Waals surface area contributed by atoms with Gasteiger partial charge in [-0.1, -0.05) is 0 Å². The molecule has 3 aromatic heterocycles. The number of halogens is 1. The predicted octanol–water partition coefficient (Wildman–Crippen LogP) is 5.51. The summed E-state index contributed by atoms with van der Waals surface area (Å²) in [5, 5.41) is 3.73. The second-order valence-corrected chi connectivity index (χ2v) is 12.9. The first kappa shape index (κ1) is 28.8. The molecular formula is C32H38FN7O3. The van der Waals surface area contributed by atoms with Crippen molar-refractivity contribution >= 4 is 34.2 Å². The molecule has 226 valence electrons. The van der Waals surface area contributed by atoms with Gasteiger partial charge in [-0.2, -0.15) is 0 Å². The fourth-order valence-electron chi connectivity index (χ4n) is 5.93. The molecule has 2 amide bonds. The van der Waals surface area contributed by atoms with Crippen LogP contribution in [0.5, 0.6) is 0 Å². The number of aromatic nitrogens is 4. The van der Waals surface area contributed by atoms with E-state index in [1.54, 1.807) is 28.6 Å². The van der Waals surface area contributed by atoms with Crippen LogP contribution < -0.4 is 10.2 Å². The molecule has 0 bridgehead atoms. The zero-order chi connectivity index (χ0) is 30.6. The minimum atomic E-state index is -0.573. The van der Waals surface area contributed by atoms with Crippen LogP contribution in [0.15, 0.2) is 36.7 Å². The summed E-state index contributed by atoms with van der Waals surface area (Å²) in [5.74, 6) is -0.495. The third kappa shape index (κ3) is 5.72. The van der Waals surface area contributed by atoms with Gasteiger partial charge in [0.15, 0.2) is 17.3 Å². The maximum atomic E-state index is 15.0. The van der Waals surface area contributed by atoms with Crippen molar-refractivity contribution in [2.45, 2.75) is 84.5 Å². The van der Waals surface area contributed by atoms with E-state index in [-0.39, 0.29) is 47.3 Å². The van der Waals surface area contributed by atoms with E-state index < -0.39 is 11.4 Å². The molecule has 0 unspecified atom stereocenters. The Bertz CT molecular complexity index is 1710. The van der Waals surface area contributed by atoms with Gasteiger partial charge in [0, 0.05) is 48.2 Å². The molecule has 1 saturated heterocycles. The molecule has 2 fully saturated rings. The summed E-state index contributed by atoms with van der Waals surface area (Å²) < 4.78 is 22.2. The molecule has 2 atom stereocenters. The van der Waals surface area contributed by atoms with E-state index in [2.05, 4.69) is 15.2 Å². The lowest BCUT2D eigenvalue weighted by Crippen LogP contribution is -2.59. The number of hydrogen-bond acceptors (Lipinski definition) is 7. The van der Waals surface area contributed by atoms with Crippen LogP contribution in [0.2, 0.25) is 0 Å². The third-order valence-corrected chi connectivity index (χ3v) is 8.11. The number of carbonyl (C=O) groups is 2. The Kier molecular flexibility index (Phi) is 7.22. The SMILES string of the molecule is Cc1cn2cc(-c3nc(C(=O)NC4CCC4)c4cc(N5C[C@@H](C)N(C(=O)OC(C)(C)C)[C@@H](C)C5)ccc4n3)cc(F)c2n1. The molecule has 4 aromatic rings. The number of pyridine rings is 1. The van der Waals surface area contributed by atoms with Gasteiger partial charge in [-0.25, -0.2) is 24.1 Å². The van der Waals surface area contributed by atoms with Gasteiger partial charge in [0.2, 0.25) is 0 Å². The lowest BCUT2D eigenvalue weighted by molar-refractivity contribution is 0.00565. The number of piperazine rings is 1. The Morgan fingerprint density at radius 1 is 1.02 bits per heavy atom. The summed E-state index contributed by atoms with van der Waals surface area (Å²) in [6.45, 7) is 12.6. The second-order valence-electron chi connectivity index (χ2n) is 12.9. The molecule has 1 N–H and O–H groups in total. The van der Waals surface area contributed by atoms with Crippen molar-refractivity contribution in [2.24, 2.45) is 0 Å². The van der Waals surface area contributed by atoms with Crippen LogP contribution in [0.25, 0.3) is 27.9 Å². The van der Waals surface area contributed by atoms with E-state index in [0.29, 0.717) is 35.2 Å². The van der Waals surface area contributed by atoms with Crippen molar-refractivity contribution in [1.82, 2.24) is 29.6 Å². The summed E-state index contributed by atoms with van der Waals surface area (Å²) in [6, 6.07) is 7.09. The number of nitrogens with zero attached hydrogens (tertiary/aromatic N) is 6. The molecule has 1 aromatic carbocycles. The van der Waals surface area contributed by atoms with Crippen molar-refractivity contribution in [3.8, 4) is 11.4 Å². The monoisotopic (exact) mass is 587 g/mol. The molecule has 0 radical (unpaired) electrons. The third-order valence-electron chi connectivity index (χ3n) is 8.11. The van der Waals surface area contributed by atoms with Crippen molar-refractivity contribution in [2.75, 3.05) is 18.0 Å². The highest BCUT2D eigenvalue weighted by Crippen LogP contribution is 2.30. The highest BCUT2D eigenvalue weighted by molar-refractivity contribution is 6.06. The van der Waals surface area contributed by atoms with E-state index in [4.69, 9.17) is 14.7 Å². The number of anilines is 1. The van der Waals surface area contributed by atoms with E-state index in [0.717, 1.165) is 24.9 Å². The highest BCUT2D eigenvalue weighted by Gasteiger charge is 2.36. The number of carbonyl (C=O) groups excluding carboxylic acids is 2. The first-order valence-electron chi connectivity index (χ1n) is 14.9. The second kappa shape index (κ2) is 10.8. The van der Waals surface area contributed by atoms with Gasteiger partial charge < -0.3 is 19.4 Å². The Labute approximate surface area is 250 Å². The molecule has 11 heteroatoms. The molecule has 43 heavy (non-hydrogen) atoms. The van der Waals surface area contributed by atoms with Crippen LogP contribution in [-0.4, -0.2) is 73.1 Å². The van der Waals surface area contributed by atoms with Gasteiger partial charge in [-0.05, 0) is 85.1 Å². The molecule has 10 nitrogen and oxygen atoms in total. The van der Waals surface area contributed by atoms with Gasteiger partial charge in [-0.3, -0.25) is 9.69 Å². The number of hydrogen-bond donors (Lipinski definition) is 1. The fraction of sp³-hybridized carbons (Fsp3) is 0.469. The lowest BCUT2D eigenvalue weighted by Gasteiger charge is -2.45. The first-order valence-corrected chi connectivity index (χ1v) is 14.9. The summed E-state index contributed by atoms with van der Waals surface area (Å²) in [5.41, 5.74) is 2.55. The van der Waals surface area contributed by atoms with Crippen molar-refractivity contribution in [3.63, 3.8) is 0 Å². The molecular weight excluding hydrogens is 549 g/mol. The first-order chi connectivity index (χ1) is 20.4. The number of aryl methyl sites for hydroxylation is 1. The number of nitrogens with one attached hydrogen (secondary N) is 1. The van der Waals surface area contributed by atoms with Gasteiger partial charge in [0.1, 0.15) is 11.3 Å². The maximum Gasteiger partial charge on any atom is 0.410 e. The van der Waals surface area contributed by atoms with Crippen LogP contribution in [0.3, 0.4) is 0 Å². The van der Waals surface area contributed by atoms with Crippen LogP contribution in [0.4, 0.5) is 14.9 Å². The van der Waals surface area contributed by atoms with Crippen LogP contribution >= 0.6 is 0 Å². The topological polar surface area (TPSA) is 105 Å². The number of imidazole rings is 1. The normalized spacial score (nSPS) is 19.5. The van der Waals surface area contributed by atoms with Crippen LogP contribution in [0.1, 0.15) is 70.1 Å². The smallest absolute Gasteiger partial charge is 0.410 e. The average Bonchev–Trinajstić information content (AvgIpc) is 3.29.